The van der Waals surface area contributed by atoms with Crippen LogP contribution in [-0.4, -0.2) is 22.4 Å². The Morgan fingerprint density at radius 2 is 1.00 bits per heavy atom. The van der Waals surface area contributed by atoms with Gasteiger partial charge in [0.2, 0.25) is 0 Å². The van der Waals surface area contributed by atoms with Gasteiger partial charge < -0.3 is 0 Å². The lowest BCUT2D eigenvalue weighted by atomic mass is 9.88. The summed E-state index contributed by atoms with van der Waals surface area (Å²) in [6, 6.07) is 24.9. The molecular formula is C35H31BrN4. The quantitative estimate of drug-likeness (QED) is 0.186. The van der Waals surface area contributed by atoms with E-state index in [1.165, 1.54) is 22.3 Å². The summed E-state index contributed by atoms with van der Waals surface area (Å²) in [5, 5.41) is 0. The van der Waals surface area contributed by atoms with E-state index < -0.39 is 0 Å². The molecule has 0 radical (unpaired) electrons. The van der Waals surface area contributed by atoms with Crippen LogP contribution in [0.5, 0.6) is 0 Å². The number of pyridine rings is 2. The van der Waals surface area contributed by atoms with Crippen molar-refractivity contribution in [3.8, 4) is 22.3 Å². The van der Waals surface area contributed by atoms with Gasteiger partial charge in [-0.2, -0.15) is 0 Å². The number of benzene rings is 3. The number of aryl methyl sites for hydroxylation is 5. The second-order valence-corrected chi connectivity index (χ2v) is 10.9. The van der Waals surface area contributed by atoms with Crippen molar-refractivity contribution in [1.82, 2.24) is 9.97 Å². The molecule has 0 unspecified atom stereocenters. The van der Waals surface area contributed by atoms with E-state index in [-0.39, 0.29) is 0 Å². The number of nitrogens with zero attached hydrogens (tertiary/aromatic N) is 4. The molecule has 40 heavy (non-hydrogen) atoms. The standard InChI is InChI=1S/C35H31BrN4/c1-22-12-13-31(36)33(28-18-25(4)35(26(5)19-28)40-21-30-11-7-9-15-38-30)32(22)27-16-23(2)34(24(3)17-27)39-20-29-10-6-8-14-37-29/h6-21H,1-5H3/b39-20+,40-21+. The average molecular weight is 588 g/mol. The number of halogens is 1. The third-order valence-corrected chi connectivity index (χ3v) is 7.61. The molecule has 2 heterocycles. The van der Waals surface area contributed by atoms with Crippen molar-refractivity contribution in [3.05, 3.63) is 129 Å². The number of rotatable bonds is 6. The molecule has 2 aromatic heterocycles. The minimum Gasteiger partial charge on any atom is -0.255 e. The van der Waals surface area contributed by atoms with Crippen LogP contribution in [-0.2, 0) is 0 Å². The SMILES string of the molecule is Cc1cc(-c2c(C)ccc(Br)c2-c2cc(C)c(/N=C/c3ccccn3)c(C)c2)cc(C)c1/N=C/c1ccccn1. The zero-order valence-electron chi connectivity index (χ0n) is 23.4. The first-order valence-corrected chi connectivity index (χ1v) is 14.0. The highest BCUT2D eigenvalue weighted by Crippen LogP contribution is 2.43. The van der Waals surface area contributed by atoms with Gasteiger partial charge in [0.1, 0.15) is 0 Å². The molecule has 0 aliphatic carbocycles. The van der Waals surface area contributed by atoms with Gasteiger partial charge in [0.05, 0.1) is 35.2 Å². The van der Waals surface area contributed by atoms with E-state index in [1.807, 2.05) is 48.8 Å². The first kappa shape index (κ1) is 27.4. The second-order valence-electron chi connectivity index (χ2n) is 10.1. The fourth-order valence-electron chi connectivity index (χ4n) is 5.11. The van der Waals surface area contributed by atoms with Crippen LogP contribution in [0.15, 0.2) is 99.6 Å². The molecule has 0 aliphatic heterocycles. The van der Waals surface area contributed by atoms with Gasteiger partial charge in [0, 0.05) is 22.4 Å². The molecule has 0 bridgehead atoms. The number of hydrogen-bond donors (Lipinski definition) is 0. The highest BCUT2D eigenvalue weighted by molar-refractivity contribution is 9.10. The van der Waals surface area contributed by atoms with Crippen LogP contribution in [0.1, 0.15) is 39.2 Å². The maximum atomic E-state index is 4.79. The average Bonchev–Trinajstić information content (AvgIpc) is 2.94. The molecular weight excluding hydrogens is 556 g/mol. The fourth-order valence-corrected chi connectivity index (χ4v) is 5.67. The number of aliphatic imine (C=N–C) groups is 2. The predicted octanol–water partition coefficient (Wildman–Crippen LogP) is 9.62. The van der Waals surface area contributed by atoms with E-state index in [4.69, 9.17) is 9.98 Å². The Kier molecular flexibility index (Phi) is 8.13. The fraction of sp³-hybridized carbons (Fsp3) is 0.143. The van der Waals surface area contributed by atoms with Crippen molar-refractivity contribution in [1.29, 1.82) is 0 Å². The second kappa shape index (κ2) is 11.9. The van der Waals surface area contributed by atoms with Crippen molar-refractivity contribution in [2.24, 2.45) is 9.98 Å². The van der Waals surface area contributed by atoms with E-state index in [1.54, 1.807) is 12.4 Å². The summed E-state index contributed by atoms with van der Waals surface area (Å²) in [5.74, 6) is 0. The molecule has 4 nitrogen and oxygen atoms in total. The highest BCUT2D eigenvalue weighted by atomic mass is 79.9. The molecule has 0 fully saturated rings. The van der Waals surface area contributed by atoms with Gasteiger partial charge in [-0.05, 0) is 134 Å². The summed E-state index contributed by atoms with van der Waals surface area (Å²) < 4.78 is 1.06. The van der Waals surface area contributed by atoms with Crippen molar-refractivity contribution in [2.75, 3.05) is 0 Å². The van der Waals surface area contributed by atoms with Crippen molar-refractivity contribution >= 4 is 39.7 Å². The number of hydrogen-bond acceptors (Lipinski definition) is 4. The Labute approximate surface area is 244 Å². The third-order valence-electron chi connectivity index (χ3n) is 6.95. The molecule has 0 atom stereocenters. The smallest absolute Gasteiger partial charge is 0.0812 e. The van der Waals surface area contributed by atoms with Gasteiger partial charge in [-0.15, -0.1) is 0 Å². The third kappa shape index (κ3) is 5.85. The van der Waals surface area contributed by atoms with E-state index >= 15 is 0 Å². The molecule has 5 heteroatoms. The predicted molar refractivity (Wildman–Crippen MR) is 172 cm³/mol. The van der Waals surface area contributed by atoms with E-state index in [0.717, 1.165) is 55.1 Å². The van der Waals surface area contributed by atoms with Gasteiger partial charge in [-0.25, -0.2) is 0 Å². The van der Waals surface area contributed by atoms with E-state index in [9.17, 15) is 0 Å². The highest BCUT2D eigenvalue weighted by Gasteiger charge is 2.18. The Hall–Kier alpha value is -4.22. The van der Waals surface area contributed by atoms with Gasteiger partial charge >= 0.3 is 0 Å². The minimum absolute atomic E-state index is 0.840. The maximum absolute atomic E-state index is 4.79. The monoisotopic (exact) mass is 586 g/mol. The zero-order chi connectivity index (χ0) is 28.2. The first-order chi connectivity index (χ1) is 19.3. The van der Waals surface area contributed by atoms with Crippen LogP contribution in [0, 0.1) is 34.6 Å². The molecule has 0 saturated carbocycles. The normalized spacial score (nSPS) is 11.6. The minimum atomic E-state index is 0.840. The van der Waals surface area contributed by atoms with Gasteiger partial charge in [-0.3, -0.25) is 20.0 Å². The molecule has 0 spiro atoms. The van der Waals surface area contributed by atoms with Crippen LogP contribution < -0.4 is 0 Å². The molecule has 0 amide bonds. The lowest BCUT2D eigenvalue weighted by Crippen LogP contribution is -1.95. The van der Waals surface area contributed by atoms with Crippen molar-refractivity contribution in [3.63, 3.8) is 0 Å². The van der Waals surface area contributed by atoms with Crippen LogP contribution in [0.2, 0.25) is 0 Å². The van der Waals surface area contributed by atoms with Crippen molar-refractivity contribution < 1.29 is 0 Å². The summed E-state index contributed by atoms with van der Waals surface area (Å²) >= 11 is 3.88. The molecule has 0 N–H and O–H groups in total. The topological polar surface area (TPSA) is 50.5 Å². The molecule has 198 valence electrons. The van der Waals surface area contributed by atoms with E-state index in [0.29, 0.717) is 0 Å². The first-order valence-electron chi connectivity index (χ1n) is 13.2. The van der Waals surface area contributed by atoms with Crippen molar-refractivity contribution in [2.45, 2.75) is 34.6 Å². The van der Waals surface area contributed by atoms with Crippen LogP contribution in [0.3, 0.4) is 0 Å². The molecule has 3 aromatic carbocycles. The largest absolute Gasteiger partial charge is 0.255 e. The molecule has 0 aliphatic rings. The Morgan fingerprint density at radius 1 is 0.550 bits per heavy atom. The lowest BCUT2D eigenvalue weighted by Gasteiger charge is -2.19. The van der Waals surface area contributed by atoms with Gasteiger partial charge in [0.25, 0.3) is 0 Å². The van der Waals surface area contributed by atoms with Gasteiger partial charge in [-0.1, -0.05) is 34.1 Å². The van der Waals surface area contributed by atoms with Crippen LogP contribution in [0.4, 0.5) is 11.4 Å². The summed E-state index contributed by atoms with van der Waals surface area (Å²) in [7, 11) is 0. The Bertz CT molecular complexity index is 1560. The molecule has 5 rings (SSSR count). The Morgan fingerprint density at radius 3 is 1.43 bits per heavy atom. The summed E-state index contributed by atoms with van der Waals surface area (Å²) in [4.78, 5) is 18.3. The molecule has 5 aromatic rings. The van der Waals surface area contributed by atoms with E-state index in [2.05, 4.69) is 96.9 Å². The summed E-state index contributed by atoms with van der Waals surface area (Å²) in [6.45, 7) is 10.7. The zero-order valence-corrected chi connectivity index (χ0v) is 25.0. The summed E-state index contributed by atoms with van der Waals surface area (Å²) in [5.41, 5.74) is 14.1. The van der Waals surface area contributed by atoms with Gasteiger partial charge in [0.15, 0.2) is 0 Å². The number of aromatic nitrogens is 2. The maximum Gasteiger partial charge on any atom is 0.0812 e. The Balaban J connectivity index is 1.57. The van der Waals surface area contributed by atoms with Crippen LogP contribution >= 0.6 is 15.9 Å². The van der Waals surface area contributed by atoms with Crippen LogP contribution in [0.25, 0.3) is 22.3 Å². The lowest BCUT2D eigenvalue weighted by molar-refractivity contribution is 1.28. The molecule has 0 saturated heterocycles. The summed E-state index contributed by atoms with van der Waals surface area (Å²) in [6.07, 6.45) is 7.22.